The molecule has 0 spiro atoms. The standard InChI is InChI=1S/C16H19FN2O/c1-3-9-18-15-10-5-4-6-12(10)19-16-11(17)7-8-13(20-2)14(15)16/h7-8H,3-6,9H2,1-2H3,(H,18,19). The van der Waals surface area contributed by atoms with Crippen LogP contribution in [0.15, 0.2) is 12.1 Å². The third-order valence-electron chi connectivity index (χ3n) is 3.85. The Bertz CT molecular complexity index is 655. The van der Waals surface area contributed by atoms with Crippen LogP contribution in [0.3, 0.4) is 0 Å². The van der Waals surface area contributed by atoms with Crippen molar-refractivity contribution in [1.82, 2.24) is 4.98 Å². The van der Waals surface area contributed by atoms with Gasteiger partial charge in [0.15, 0.2) is 0 Å². The van der Waals surface area contributed by atoms with Crippen LogP contribution in [-0.4, -0.2) is 18.6 Å². The quantitative estimate of drug-likeness (QED) is 0.923. The minimum atomic E-state index is -0.282. The second-order valence-electron chi connectivity index (χ2n) is 5.17. The molecule has 0 bridgehead atoms. The summed E-state index contributed by atoms with van der Waals surface area (Å²) in [5.41, 5.74) is 3.70. The van der Waals surface area contributed by atoms with E-state index in [4.69, 9.17) is 4.74 Å². The van der Waals surface area contributed by atoms with Crippen molar-refractivity contribution in [2.75, 3.05) is 19.0 Å². The number of anilines is 1. The van der Waals surface area contributed by atoms with Gasteiger partial charge in [0.25, 0.3) is 0 Å². The fourth-order valence-corrected chi connectivity index (χ4v) is 2.92. The average molecular weight is 274 g/mol. The predicted octanol–water partition coefficient (Wildman–Crippen LogP) is 3.69. The van der Waals surface area contributed by atoms with Gasteiger partial charge in [0.05, 0.1) is 18.2 Å². The van der Waals surface area contributed by atoms with Crippen LogP contribution in [0.25, 0.3) is 10.9 Å². The summed E-state index contributed by atoms with van der Waals surface area (Å²) in [7, 11) is 1.61. The number of rotatable bonds is 4. The van der Waals surface area contributed by atoms with E-state index in [1.807, 2.05) is 0 Å². The number of hydrogen-bond acceptors (Lipinski definition) is 3. The maximum absolute atomic E-state index is 14.1. The number of pyridine rings is 1. The van der Waals surface area contributed by atoms with E-state index >= 15 is 0 Å². The van der Waals surface area contributed by atoms with Crippen molar-refractivity contribution in [3.8, 4) is 5.75 Å². The van der Waals surface area contributed by atoms with E-state index in [1.165, 1.54) is 11.6 Å². The molecule has 4 heteroatoms. The Hall–Kier alpha value is -1.84. The van der Waals surface area contributed by atoms with E-state index in [1.54, 1.807) is 13.2 Å². The molecule has 1 heterocycles. The predicted molar refractivity (Wildman–Crippen MR) is 79.1 cm³/mol. The first-order valence-electron chi connectivity index (χ1n) is 7.18. The number of halogens is 1. The third-order valence-corrected chi connectivity index (χ3v) is 3.85. The summed E-state index contributed by atoms with van der Waals surface area (Å²) in [5, 5.41) is 4.23. The Balaban J connectivity index is 2.32. The Morgan fingerprint density at radius 2 is 2.20 bits per heavy atom. The first-order valence-corrected chi connectivity index (χ1v) is 7.18. The van der Waals surface area contributed by atoms with Crippen molar-refractivity contribution in [2.45, 2.75) is 32.6 Å². The van der Waals surface area contributed by atoms with Crippen molar-refractivity contribution in [3.05, 3.63) is 29.2 Å². The minimum Gasteiger partial charge on any atom is -0.496 e. The molecule has 2 aromatic rings. The molecular formula is C16H19FN2O. The Labute approximate surface area is 118 Å². The number of methoxy groups -OCH3 is 1. The molecule has 106 valence electrons. The highest BCUT2D eigenvalue weighted by Crippen LogP contribution is 2.39. The van der Waals surface area contributed by atoms with Gasteiger partial charge in [-0.25, -0.2) is 9.37 Å². The third kappa shape index (κ3) is 1.99. The zero-order chi connectivity index (χ0) is 14.1. The van der Waals surface area contributed by atoms with Crippen LogP contribution in [0.2, 0.25) is 0 Å². The maximum atomic E-state index is 14.1. The van der Waals surface area contributed by atoms with Crippen LogP contribution in [0.4, 0.5) is 10.1 Å². The normalized spacial score (nSPS) is 13.6. The number of nitrogens with zero attached hydrogens (tertiary/aromatic N) is 1. The molecule has 0 unspecified atom stereocenters. The summed E-state index contributed by atoms with van der Waals surface area (Å²) in [6.07, 6.45) is 4.05. The number of nitrogens with one attached hydrogen (secondary N) is 1. The molecule has 1 aliphatic rings. The largest absolute Gasteiger partial charge is 0.496 e. The maximum Gasteiger partial charge on any atom is 0.149 e. The van der Waals surface area contributed by atoms with Gasteiger partial charge in [0.2, 0.25) is 0 Å². The molecule has 3 nitrogen and oxygen atoms in total. The monoisotopic (exact) mass is 274 g/mol. The summed E-state index contributed by atoms with van der Waals surface area (Å²) >= 11 is 0. The topological polar surface area (TPSA) is 34.2 Å². The van der Waals surface area contributed by atoms with E-state index in [0.717, 1.165) is 49.0 Å². The van der Waals surface area contributed by atoms with Crippen LogP contribution in [0.1, 0.15) is 31.0 Å². The van der Waals surface area contributed by atoms with E-state index in [9.17, 15) is 4.39 Å². The van der Waals surface area contributed by atoms with E-state index < -0.39 is 0 Å². The summed E-state index contributed by atoms with van der Waals surface area (Å²) < 4.78 is 19.5. The molecule has 1 aliphatic carbocycles. The van der Waals surface area contributed by atoms with Gasteiger partial charge in [0, 0.05) is 12.2 Å². The van der Waals surface area contributed by atoms with Gasteiger partial charge in [-0.3, -0.25) is 0 Å². The summed E-state index contributed by atoms with van der Waals surface area (Å²) in [6, 6.07) is 3.11. The fourth-order valence-electron chi connectivity index (χ4n) is 2.92. The van der Waals surface area contributed by atoms with E-state index in [2.05, 4.69) is 17.2 Å². The first kappa shape index (κ1) is 13.2. The molecule has 0 amide bonds. The van der Waals surface area contributed by atoms with Crippen LogP contribution in [0, 0.1) is 5.82 Å². The number of benzene rings is 1. The lowest BCUT2D eigenvalue weighted by atomic mass is 10.1. The van der Waals surface area contributed by atoms with Gasteiger partial charge in [-0.2, -0.15) is 0 Å². The van der Waals surface area contributed by atoms with Crippen LogP contribution >= 0.6 is 0 Å². The lowest BCUT2D eigenvalue weighted by Crippen LogP contribution is -2.06. The zero-order valence-electron chi connectivity index (χ0n) is 11.9. The average Bonchev–Trinajstić information content (AvgIpc) is 2.93. The van der Waals surface area contributed by atoms with Crippen molar-refractivity contribution in [1.29, 1.82) is 0 Å². The molecule has 0 radical (unpaired) electrons. The molecule has 20 heavy (non-hydrogen) atoms. The van der Waals surface area contributed by atoms with Crippen LogP contribution < -0.4 is 10.1 Å². The summed E-state index contributed by atoms with van der Waals surface area (Å²) in [6.45, 7) is 2.99. The number of aromatic nitrogens is 1. The Morgan fingerprint density at radius 3 is 2.95 bits per heavy atom. The lowest BCUT2D eigenvalue weighted by molar-refractivity contribution is 0.419. The molecule has 0 aliphatic heterocycles. The molecule has 0 fully saturated rings. The number of hydrogen-bond donors (Lipinski definition) is 1. The van der Waals surface area contributed by atoms with Crippen molar-refractivity contribution >= 4 is 16.6 Å². The van der Waals surface area contributed by atoms with Gasteiger partial charge in [0.1, 0.15) is 17.1 Å². The molecule has 1 N–H and O–H groups in total. The second kappa shape index (κ2) is 5.27. The van der Waals surface area contributed by atoms with Crippen molar-refractivity contribution in [3.63, 3.8) is 0 Å². The molecule has 1 aromatic heterocycles. The van der Waals surface area contributed by atoms with Gasteiger partial charge >= 0.3 is 0 Å². The Morgan fingerprint density at radius 1 is 1.35 bits per heavy atom. The zero-order valence-corrected chi connectivity index (χ0v) is 11.9. The lowest BCUT2D eigenvalue weighted by Gasteiger charge is -2.16. The number of fused-ring (bicyclic) bond motifs is 2. The SMILES string of the molecule is CCCNc1c2c(nc3c(F)ccc(OC)c13)CCC2. The van der Waals surface area contributed by atoms with Gasteiger partial charge in [-0.15, -0.1) is 0 Å². The molecular weight excluding hydrogens is 255 g/mol. The smallest absolute Gasteiger partial charge is 0.149 e. The molecule has 0 saturated heterocycles. The number of aryl methyl sites for hydroxylation is 1. The Kier molecular flexibility index (Phi) is 3.47. The van der Waals surface area contributed by atoms with E-state index in [0.29, 0.717) is 11.3 Å². The second-order valence-corrected chi connectivity index (χ2v) is 5.17. The summed E-state index contributed by atoms with van der Waals surface area (Å²) in [5.74, 6) is 0.400. The van der Waals surface area contributed by atoms with Gasteiger partial charge in [-0.1, -0.05) is 6.92 Å². The highest BCUT2D eigenvalue weighted by molar-refractivity contribution is 5.98. The van der Waals surface area contributed by atoms with Gasteiger partial charge < -0.3 is 10.1 Å². The highest BCUT2D eigenvalue weighted by Gasteiger charge is 2.22. The summed E-state index contributed by atoms with van der Waals surface area (Å²) in [4.78, 5) is 4.54. The van der Waals surface area contributed by atoms with Crippen molar-refractivity contribution in [2.24, 2.45) is 0 Å². The van der Waals surface area contributed by atoms with Gasteiger partial charge in [-0.05, 0) is 43.4 Å². The minimum absolute atomic E-state index is 0.282. The molecule has 1 aromatic carbocycles. The highest BCUT2D eigenvalue weighted by atomic mass is 19.1. The van der Waals surface area contributed by atoms with E-state index in [-0.39, 0.29) is 5.82 Å². The molecule has 3 rings (SSSR count). The fraction of sp³-hybridized carbons (Fsp3) is 0.438. The van der Waals surface area contributed by atoms with Crippen LogP contribution in [-0.2, 0) is 12.8 Å². The number of ether oxygens (including phenoxy) is 1. The molecule has 0 atom stereocenters. The van der Waals surface area contributed by atoms with Crippen LogP contribution in [0.5, 0.6) is 5.75 Å². The first-order chi connectivity index (χ1) is 9.76. The molecule has 0 saturated carbocycles. The van der Waals surface area contributed by atoms with Crippen molar-refractivity contribution < 1.29 is 9.13 Å².